The molecule has 0 amide bonds. The van der Waals surface area contributed by atoms with E-state index in [-0.39, 0.29) is 5.82 Å². The third kappa shape index (κ3) is 5.49. The van der Waals surface area contributed by atoms with E-state index < -0.39 is 0 Å². The van der Waals surface area contributed by atoms with Gasteiger partial charge in [-0.15, -0.1) is 0 Å². The van der Waals surface area contributed by atoms with Gasteiger partial charge in [0.2, 0.25) is 0 Å². The molecule has 0 N–H and O–H groups in total. The van der Waals surface area contributed by atoms with Gasteiger partial charge in [-0.1, -0.05) is 127 Å². The van der Waals surface area contributed by atoms with Crippen molar-refractivity contribution >= 4 is 43.6 Å². The second kappa shape index (κ2) is 13.3. The molecule has 0 aliphatic heterocycles. The van der Waals surface area contributed by atoms with Crippen LogP contribution < -0.4 is 0 Å². The lowest BCUT2D eigenvalue weighted by Crippen LogP contribution is -2.02. The highest BCUT2D eigenvalue weighted by molar-refractivity contribution is 6.19. The van der Waals surface area contributed by atoms with E-state index in [0.29, 0.717) is 17.5 Å². The number of fused-ring (bicyclic) bond motifs is 6. The minimum absolute atomic E-state index is 0.289. The average molecular weight is 734 g/mol. The van der Waals surface area contributed by atoms with Gasteiger partial charge in [-0.05, 0) is 72.3 Å². The summed E-state index contributed by atoms with van der Waals surface area (Å²) in [6, 6.07) is 65.4. The van der Waals surface area contributed by atoms with E-state index in [0.717, 1.165) is 77.4 Å². The number of benzene rings is 8. The smallest absolute Gasteiger partial charge is 0.164 e. The van der Waals surface area contributed by atoms with Gasteiger partial charge in [0.25, 0.3) is 0 Å². The SMILES string of the molecule is Fc1ccc(-c2cc(-c3nc(-c4ccccc4)nc(-c4ccccc4)n3)ccc2-n2c3ccccc3c3cc4c(cc32)c2ccccc2n4-c2ccccc2)cc1. The second-order valence-corrected chi connectivity index (χ2v) is 14.2. The Morgan fingerprint density at radius 1 is 0.333 bits per heavy atom. The van der Waals surface area contributed by atoms with Crippen LogP contribution in [0.1, 0.15) is 0 Å². The molecule has 5 nitrogen and oxygen atoms in total. The first-order chi connectivity index (χ1) is 28.2. The summed E-state index contributed by atoms with van der Waals surface area (Å²) in [5.74, 6) is 1.44. The first kappa shape index (κ1) is 32.7. The number of rotatable bonds is 6. The maximum absolute atomic E-state index is 14.5. The summed E-state index contributed by atoms with van der Waals surface area (Å²) in [7, 11) is 0. The molecule has 0 unspecified atom stereocenters. The fourth-order valence-electron chi connectivity index (χ4n) is 8.21. The van der Waals surface area contributed by atoms with E-state index >= 15 is 0 Å². The lowest BCUT2D eigenvalue weighted by atomic mass is 9.99. The minimum atomic E-state index is -0.289. The van der Waals surface area contributed by atoms with Crippen LogP contribution in [-0.2, 0) is 0 Å². The van der Waals surface area contributed by atoms with Gasteiger partial charge in [-0.25, -0.2) is 19.3 Å². The topological polar surface area (TPSA) is 48.5 Å². The van der Waals surface area contributed by atoms with Gasteiger partial charge in [0.05, 0.1) is 27.8 Å². The van der Waals surface area contributed by atoms with Gasteiger partial charge in [0.15, 0.2) is 17.5 Å². The highest BCUT2D eigenvalue weighted by Gasteiger charge is 2.21. The van der Waals surface area contributed by atoms with Gasteiger partial charge in [0.1, 0.15) is 5.82 Å². The lowest BCUT2D eigenvalue weighted by molar-refractivity contribution is 0.628. The predicted octanol–water partition coefficient (Wildman–Crippen LogP) is 12.9. The lowest BCUT2D eigenvalue weighted by Gasteiger charge is -2.16. The molecule has 6 heteroatoms. The Morgan fingerprint density at radius 2 is 0.789 bits per heavy atom. The van der Waals surface area contributed by atoms with Crippen LogP contribution in [0.4, 0.5) is 4.39 Å². The summed E-state index contributed by atoms with van der Waals surface area (Å²) in [5, 5.41) is 4.64. The van der Waals surface area contributed by atoms with Crippen LogP contribution in [0.3, 0.4) is 0 Å². The number of hydrogen-bond acceptors (Lipinski definition) is 3. The molecule has 0 aliphatic carbocycles. The van der Waals surface area contributed by atoms with E-state index in [2.05, 4.69) is 118 Å². The molecule has 11 aromatic rings. The van der Waals surface area contributed by atoms with Crippen LogP contribution in [0.15, 0.2) is 194 Å². The van der Waals surface area contributed by atoms with E-state index in [1.54, 1.807) is 0 Å². The molecule has 3 aromatic heterocycles. The third-order valence-corrected chi connectivity index (χ3v) is 10.8. The molecule has 8 aromatic carbocycles. The molecule has 0 radical (unpaired) electrons. The number of aromatic nitrogens is 5. The van der Waals surface area contributed by atoms with Gasteiger partial charge in [-0.2, -0.15) is 0 Å². The minimum Gasteiger partial charge on any atom is -0.309 e. The van der Waals surface area contributed by atoms with Crippen LogP contribution in [0, 0.1) is 5.82 Å². The molecule has 11 rings (SSSR count). The van der Waals surface area contributed by atoms with Gasteiger partial charge >= 0.3 is 0 Å². The summed E-state index contributed by atoms with van der Waals surface area (Å²) in [6.45, 7) is 0. The second-order valence-electron chi connectivity index (χ2n) is 14.2. The monoisotopic (exact) mass is 733 g/mol. The number of nitrogens with zero attached hydrogens (tertiary/aromatic N) is 5. The Hall–Kier alpha value is -7.70. The highest BCUT2D eigenvalue weighted by atomic mass is 19.1. The summed E-state index contributed by atoms with van der Waals surface area (Å²) in [6.07, 6.45) is 0. The molecule has 0 bridgehead atoms. The first-order valence-corrected chi connectivity index (χ1v) is 19.0. The largest absolute Gasteiger partial charge is 0.309 e. The van der Waals surface area contributed by atoms with Crippen molar-refractivity contribution in [1.29, 1.82) is 0 Å². The van der Waals surface area contributed by atoms with Crippen LogP contribution in [-0.4, -0.2) is 24.1 Å². The zero-order valence-electron chi connectivity index (χ0n) is 30.6. The summed E-state index contributed by atoms with van der Waals surface area (Å²) < 4.78 is 19.2. The molecule has 3 heterocycles. The third-order valence-electron chi connectivity index (χ3n) is 10.8. The Bertz CT molecular complexity index is 3220. The van der Waals surface area contributed by atoms with Crippen molar-refractivity contribution in [2.45, 2.75) is 0 Å². The maximum atomic E-state index is 14.5. The van der Waals surface area contributed by atoms with E-state index in [1.807, 2.05) is 72.8 Å². The van der Waals surface area contributed by atoms with Crippen molar-refractivity contribution in [1.82, 2.24) is 24.1 Å². The summed E-state index contributed by atoms with van der Waals surface area (Å²) in [4.78, 5) is 15.0. The van der Waals surface area contributed by atoms with Crippen molar-refractivity contribution in [3.8, 4) is 56.7 Å². The quantitative estimate of drug-likeness (QED) is 0.171. The normalized spacial score (nSPS) is 11.6. The Balaban J connectivity index is 1.19. The van der Waals surface area contributed by atoms with E-state index in [9.17, 15) is 4.39 Å². The van der Waals surface area contributed by atoms with E-state index in [4.69, 9.17) is 15.0 Å². The zero-order chi connectivity index (χ0) is 37.9. The molecule has 0 saturated carbocycles. The fraction of sp³-hybridized carbons (Fsp3) is 0. The molecular weight excluding hydrogens is 702 g/mol. The molecule has 268 valence electrons. The van der Waals surface area contributed by atoms with E-state index in [1.165, 1.54) is 17.5 Å². The van der Waals surface area contributed by atoms with Crippen molar-refractivity contribution in [3.63, 3.8) is 0 Å². The maximum Gasteiger partial charge on any atom is 0.164 e. The Kier molecular flexibility index (Phi) is 7.60. The van der Waals surface area contributed by atoms with Crippen molar-refractivity contribution in [3.05, 3.63) is 200 Å². The number of halogens is 1. The Labute approximate surface area is 327 Å². The standard InChI is InChI=1S/C51H32FN5/c52-37-27-24-33(25-28-37)41-30-36(51-54-49(34-14-4-1-5-15-34)53-50(55-51)35-16-6-2-7-17-35)26-29-46(41)57-45-23-13-11-21-40(45)43-31-47-42(32-48(43)57)39-20-10-12-22-44(39)56(47)38-18-8-3-9-19-38/h1-32H. The van der Waals surface area contributed by atoms with Crippen LogP contribution in [0.25, 0.3) is 100 Å². The average Bonchev–Trinajstić information content (AvgIpc) is 3.78. The van der Waals surface area contributed by atoms with Gasteiger partial charge in [-0.3, -0.25) is 0 Å². The molecule has 0 atom stereocenters. The molecule has 0 saturated heterocycles. The molecule has 0 aliphatic rings. The zero-order valence-corrected chi connectivity index (χ0v) is 30.6. The first-order valence-electron chi connectivity index (χ1n) is 19.0. The van der Waals surface area contributed by atoms with Crippen molar-refractivity contribution in [2.75, 3.05) is 0 Å². The van der Waals surface area contributed by atoms with Crippen LogP contribution >= 0.6 is 0 Å². The summed E-state index contributed by atoms with van der Waals surface area (Å²) in [5.41, 5.74) is 10.9. The Morgan fingerprint density at radius 3 is 1.37 bits per heavy atom. The highest BCUT2D eigenvalue weighted by Crippen LogP contribution is 2.42. The molecule has 0 spiro atoms. The predicted molar refractivity (Wildman–Crippen MR) is 230 cm³/mol. The molecule has 0 fully saturated rings. The van der Waals surface area contributed by atoms with Gasteiger partial charge < -0.3 is 9.13 Å². The van der Waals surface area contributed by atoms with Gasteiger partial charge in [0, 0.05) is 49.5 Å². The summed E-state index contributed by atoms with van der Waals surface area (Å²) >= 11 is 0. The fourth-order valence-corrected chi connectivity index (χ4v) is 8.21. The van der Waals surface area contributed by atoms with Crippen molar-refractivity contribution < 1.29 is 4.39 Å². The van der Waals surface area contributed by atoms with Crippen LogP contribution in [0.2, 0.25) is 0 Å². The molecule has 57 heavy (non-hydrogen) atoms. The van der Waals surface area contributed by atoms with Crippen molar-refractivity contribution in [2.24, 2.45) is 0 Å². The van der Waals surface area contributed by atoms with Crippen LogP contribution in [0.5, 0.6) is 0 Å². The number of hydrogen-bond donors (Lipinski definition) is 0. The number of para-hydroxylation sites is 3. The molecular formula is C51H32FN5.